The van der Waals surface area contributed by atoms with Crippen LogP contribution in [0.4, 0.5) is 0 Å². The van der Waals surface area contributed by atoms with Crippen molar-refractivity contribution >= 4 is 17.9 Å². The Bertz CT molecular complexity index is 501. The summed E-state index contributed by atoms with van der Waals surface area (Å²) in [5.74, 6) is -3.15. The number of nitrogens with zero attached hydrogens (tertiary/aromatic N) is 1. The van der Waals surface area contributed by atoms with Crippen LogP contribution in [0.25, 0.3) is 0 Å². The average molecular weight is 456 g/mol. The van der Waals surface area contributed by atoms with Crippen LogP contribution in [0, 0.1) is 0 Å². The first kappa shape index (κ1) is 30.1. The fourth-order valence-corrected chi connectivity index (χ4v) is 3.95. The van der Waals surface area contributed by atoms with Crippen LogP contribution in [-0.4, -0.2) is 58.8 Å². The summed E-state index contributed by atoms with van der Waals surface area (Å²) in [5, 5.41) is 29.1. The molecule has 0 fully saturated rings. The Morgan fingerprint density at radius 2 is 1.12 bits per heavy atom. The van der Waals surface area contributed by atoms with Crippen molar-refractivity contribution in [3.63, 3.8) is 0 Å². The van der Waals surface area contributed by atoms with E-state index in [0.717, 1.165) is 12.8 Å². The van der Waals surface area contributed by atoms with E-state index in [4.69, 9.17) is 10.2 Å². The van der Waals surface area contributed by atoms with E-state index in [2.05, 4.69) is 13.0 Å². The first-order valence-corrected chi connectivity index (χ1v) is 12.4. The zero-order valence-electron chi connectivity index (χ0n) is 20.1. The van der Waals surface area contributed by atoms with Gasteiger partial charge in [0.05, 0.1) is 39.0 Å². The first-order valence-electron chi connectivity index (χ1n) is 12.4. The van der Waals surface area contributed by atoms with Gasteiger partial charge in [-0.2, -0.15) is 0 Å². The minimum absolute atomic E-state index is 0.126. The largest absolute Gasteiger partial charge is 0.550 e. The van der Waals surface area contributed by atoms with Crippen molar-refractivity contribution in [2.45, 2.75) is 103 Å². The van der Waals surface area contributed by atoms with Gasteiger partial charge in [-0.25, -0.2) is 0 Å². The lowest BCUT2D eigenvalue weighted by Gasteiger charge is -2.37. The molecular weight excluding hydrogens is 410 g/mol. The van der Waals surface area contributed by atoms with E-state index in [-0.39, 0.29) is 43.4 Å². The third kappa shape index (κ3) is 18.8. The average Bonchev–Trinajstić information content (AvgIpc) is 2.74. The van der Waals surface area contributed by atoms with Gasteiger partial charge in [0.1, 0.15) is 0 Å². The SMILES string of the molecule is CCCCCCCCCCCCC/C=C/C[N+](CCC(=O)[O-])(CCC(=O)O)CCC(=O)O. The van der Waals surface area contributed by atoms with Gasteiger partial charge in [-0.1, -0.05) is 77.2 Å². The molecule has 0 saturated carbocycles. The van der Waals surface area contributed by atoms with Gasteiger partial charge < -0.3 is 24.6 Å². The fraction of sp³-hybridized carbons (Fsp3) is 0.800. The van der Waals surface area contributed by atoms with Gasteiger partial charge >= 0.3 is 11.9 Å². The van der Waals surface area contributed by atoms with Gasteiger partial charge in [-0.15, -0.1) is 0 Å². The Balaban J connectivity index is 4.30. The van der Waals surface area contributed by atoms with E-state index in [1.165, 1.54) is 64.2 Å². The number of quaternary nitrogens is 1. The highest BCUT2D eigenvalue weighted by molar-refractivity contribution is 5.67. The van der Waals surface area contributed by atoms with Crippen LogP contribution < -0.4 is 5.11 Å². The highest BCUT2D eigenvalue weighted by Gasteiger charge is 2.27. The van der Waals surface area contributed by atoms with Crippen molar-refractivity contribution in [2.24, 2.45) is 0 Å². The summed E-state index contributed by atoms with van der Waals surface area (Å²) in [4.78, 5) is 33.1. The number of carboxylic acid groups (broad SMARTS) is 3. The molecule has 0 saturated heterocycles. The molecule has 0 spiro atoms. The summed E-state index contributed by atoms with van der Waals surface area (Å²) >= 11 is 0. The smallest absolute Gasteiger partial charge is 0.309 e. The van der Waals surface area contributed by atoms with E-state index >= 15 is 0 Å². The van der Waals surface area contributed by atoms with Crippen molar-refractivity contribution in [1.82, 2.24) is 0 Å². The third-order valence-electron chi connectivity index (χ3n) is 6.02. The Labute approximate surface area is 194 Å². The van der Waals surface area contributed by atoms with Crippen molar-refractivity contribution in [3.05, 3.63) is 12.2 Å². The molecule has 0 aromatic heterocycles. The lowest BCUT2D eigenvalue weighted by Crippen LogP contribution is -2.52. The van der Waals surface area contributed by atoms with Gasteiger partial charge in [0.25, 0.3) is 0 Å². The van der Waals surface area contributed by atoms with Crippen LogP contribution in [-0.2, 0) is 14.4 Å². The maximum absolute atomic E-state index is 11.1. The standard InChI is InChI=1S/C25H45NO6/c1-2-3-4-5-6-7-8-9-10-11-12-13-14-15-19-26(20-16-23(27)28,21-17-24(29)30)22-18-25(31)32/h14-15H,2-13,16-22H2,1H3,(H2-,27,28,29,30,31,32)/b15-14+. The summed E-state index contributed by atoms with van der Waals surface area (Å²) in [7, 11) is 0. The number of allylic oxidation sites excluding steroid dienone is 1. The molecule has 0 unspecified atom stereocenters. The number of hydrogen-bond donors (Lipinski definition) is 2. The molecule has 0 radical (unpaired) electrons. The number of hydrogen-bond acceptors (Lipinski definition) is 4. The maximum Gasteiger partial charge on any atom is 0.309 e. The highest BCUT2D eigenvalue weighted by atomic mass is 16.4. The second-order valence-electron chi connectivity index (χ2n) is 8.90. The van der Waals surface area contributed by atoms with Crippen LogP contribution in [0.2, 0.25) is 0 Å². The first-order chi connectivity index (χ1) is 15.3. The molecule has 7 nitrogen and oxygen atoms in total. The second kappa shape index (κ2) is 19.8. The minimum Gasteiger partial charge on any atom is -0.550 e. The molecule has 0 amide bonds. The highest BCUT2D eigenvalue weighted by Crippen LogP contribution is 2.14. The molecule has 2 N–H and O–H groups in total. The van der Waals surface area contributed by atoms with Crippen LogP contribution in [0.1, 0.15) is 103 Å². The molecule has 0 aliphatic heterocycles. The Morgan fingerprint density at radius 3 is 1.56 bits per heavy atom. The minimum atomic E-state index is -1.21. The van der Waals surface area contributed by atoms with Crippen LogP contribution >= 0.6 is 0 Å². The van der Waals surface area contributed by atoms with Crippen molar-refractivity contribution in [2.75, 3.05) is 26.2 Å². The van der Waals surface area contributed by atoms with E-state index in [0.29, 0.717) is 6.54 Å². The van der Waals surface area contributed by atoms with E-state index in [1.807, 2.05) is 6.08 Å². The number of carbonyl (C=O) groups is 3. The van der Waals surface area contributed by atoms with Gasteiger partial charge in [0.15, 0.2) is 0 Å². The molecular formula is C25H45NO6. The summed E-state index contributed by atoms with van der Waals surface area (Å²) in [6, 6.07) is 0. The van der Waals surface area contributed by atoms with Crippen LogP contribution in [0.5, 0.6) is 0 Å². The second-order valence-corrected chi connectivity index (χ2v) is 8.90. The molecule has 0 aromatic rings. The lowest BCUT2D eigenvalue weighted by atomic mass is 10.1. The number of carbonyl (C=O) groups excluding carboxylic acids is 1. The molecule has 7 heteroatoms. The molecule has 0 bridgehead atoms. The summed E-state index contributed by atoms with van der Waals surface area (Å²) in [6.07, 6.45) is 18.6. The summed E-state index contributed by atoms with van der Waals surface area (Å²) in [5.41, 5.74) is 0. The molecule has 0 atom stereocenters. The predicted octanol–water partition coefficient (Wildman–Crippen LogP) is 4.15. The molecule has 186 valence electrons. The molecule has 0 aliphatic rings. The number of aliphatic carboxylic acids is 3. The number of unbranched alkanes of at least 4 members (excludes halogenated alkanes) is 11. The monoisotopic (exact) mass is 455 g/mol. The van der Waals surface area contributed by atoms with Gasteiger partial charge in [0, 0.05) is 12.4 Å². The Morgan fingerprint density at radius 1 is 0.688 bits per heavy atom. The Kier molecular flexibility index (Phi) is 18.6. The van der Waals surface area contributed by atoms with Crippen LogP contribution in [0.3, 0.4) is 0 Å². The number of carboxylic acids is 3. The van der Waals surface area contributed by atoms with Crippen molar-refractivity contribution < 1.29 is 34.2 Å². The fourth-order valence-electron chi connectivity index (χ4n) is 3.95. The van der Waals surface area contributed by atoms with Gasteiger partial charge in [0.2, 0.25) is 0 Å². The summed E-state index contributed by atoms with van der Waals surface area (Å²) < 4.78 is 0.140. The molecule has 32 heavy (non-hydrogen) atoms. The van der Waals surface area contributed by atoms with Crippen molar-refractivity contribution in [1.29, 1.82) is 0 Å². The molecule has 0 aliphatic carbocycles. The van der Waals surface area contributed by atoms with E-state index in [9.17, 15) is 19.5 Å². The Hall–Kier alpha value is -1.89. The summed E-state index contributed by atoms with van der Waals surface area (Å²) in [6.45, 7) is 3.26. The van der Waals surface area contributed by atoms with E-state index in [1.54, 1.807) is 0 Å². The third-order valence-corrected chi connectivity index (χ3v) is 6.02. The van der Waals surface area contributed by atoms with Gasteiger partial charge in [-0.3, -0.25) is 9.59 Å². The molecule has 0 aromatic carbocycles. The number of rotatable bonds is 23. The van der Waals surface area contributed by atoms with Gasteiger partial charge in [-0.05, 0) is 18.9 Å². The molecule has 0 rings (SSSR count). The quantitative estimate of drug-likeness (QED) is 0.136. The normalized spacial score (nSPS) is 11.8. The predicted molar refractivity (Wildman–Crippen MR) is 124 cm³/mol. The van der Waals surface area contributed by atoms with Crippen molar-refractivity contribution in [3.8, 4) is 0 Å². The van der Waals surface area contributed by atoms with E-state index < -0.39 is 17.9 Å². The zero-order chi connectivity index (χ0) is 24.1. The lowest BCUT2D eigenvalue weighted by molar-refractivity contribution is -0.921. The van der Waals surface area contributed by atoms with Crippen LogP contribution in [0.15, 0.2) is 12.2 Å². The maximum atomic E-state index is 11.1. The molecule has 0 heterocycles. The topological polar surface area (TPSA) is 115 Å². The zero-order valence-corrected chi connectivity index (χ0v) is 20.1.